The number of unbranched alkanes of at least 4 members (excludes halogenated alkanes) is 1. The summed E-state index contributed by atoms with van der Waals surface area (Å²) in [6, 6.07) is 6.01. The molecule has 1 aromatic heterocycles. The Balaban J connectivity index is 0.00000196. The first-order valence-electron chi connectivity index (χ1n) is 4.86. The van der Waals surface area contributed by atoms with Gasteiger partial charge in [-0.25, -0.2) is 4.57 Å². The lowest BCUT2D eigenvalue weighted by atomic mass is 10.3. The molecular weight excluding hydrogens is 305 g/mol. The maximum atomic E-state index is 10.4. The van der Waals surface area contributed by atoms with Gasteiger partial charge in [0.15, 0.2) is 12.4 Å². The predicted octanol–water partition coefficient (Wildman–Crippen LogP) is -1.68. The van der Waals surface area contributed by atoms with E-state index in [0.717, 1.165) is 19.4 Å². The summed E-state index contributed by atoms with van der Waals surface area (Å²) in [5.41, 5.74) is 0. The summed E-state index contributed by atoms with van der Waals surface area (Å²) in [7, 11) is 0. The zero-order chi connectivity index (χ0) is 10.2. The Morgan fingerprint density at radius 2 is 1.87 bits per heavy atom. The van der Waals surface area contributed by atoms with Gasteiger partial charge in [-0.3, -0.25) is 4.79 Å². The number of nitrogens with zero attached hydrogens (tertiary/aromatic N) is 1. The van der Waals surface area contributed by atoms with Gasteiger partial charge in [0.25, 0.3) is 0 Å². The number of carbonyl (C=O) groups is 1. The number of ether oxygens (including phenoxy) is 1. The van der Waals surface area contributed by atoms with Crippen LogP contribution in [0, 0.1) is 0 Å². The number of pyridine rings is 1. The molecule has 0 atom stereocenters. The van der Waals surface area contributed by atoms with Gasteiger partial charge in [0.05, 0.1) is 6.61 Å². The van der Waals surface area contributed by atoms with E-state index < -0.39 is 0 Å². The first-order valence-corrected chi connectivity index (χ1v) is 4.86. The number of aromatic nitrogens is 1. The van der Waals surface area contributed by atoms with Crippen molar-refractivity contribution in [1.29, 1.82) is 0 Å². The average molecular weight is 321 g/mol. The molecule has 84 valence electrons. The summed E-state index contributed by atoms with van der Waals surface area (Å²) < 4.78 is 6.95. The lowest BCUT2D eigenvalue weighted by molar-refractivity contribution is -0.697. The van der Waals surface area contributed by atoms with Gasteiger partial charge in [-0.2, -0.15) is 0 Å². The smallest absolute Gasteiger partial charge is 0.302 e. The van der Waals surface area contributed by atoms with Crippen molar-refractivity contribution in [3.63, 3.8) is 0 Å². The fourth-order valence-electron chi connectivity index (χ4n) is 1.20. The summed E-state index contributed by atoms with van der Waals surface area (Å²) in [5.74, 6) is -0.197. The Bertz CT molecular complexity index is 277. The Hall–Kier alpha value is -0.650. The van der Waals surface area contributed by atoms with E-state index >= 15 is 0 Å². The van der Waals surface area contributed by atoms with E-state index in [1.54, 1.807) is 0 Å². The van der Waals surface area contributed by atoms with Gasteiger partial charge in [0.2, 0.25) is 0 Å². The maximum absolute atomic E-state index is 10.4. The topological polar surface area (TPSA) is 30.2 Å². The molecule has 1 heterocycles. The first kappa shape index (κ1) is 14.3. The van der Waals surface area contributed by atoms with Crippen LogP contribution in [0.5, 0.6) is 0 Å². The van der Waals surface area contributed by atoms with Crippen molar-refractivity contribution in [1.82, 2.24) is 0 Å². The molecule has 0 aliphatic heterocycles. The van der Waals surface area contributed by atoms with Crippen LogP contribution in [0.25, 0.3) is 0 Å². The minimum Gasteiger partial charge on any atom is -1.00 e. The zero-order valence-electron chi connectivity index (χ0n) is 8.86. The molecule has 0 radical (unpaired) electrons. The van der Waals surface area contributed by atoms with E-state index in [1.165, 1.54) is 6.92 Å². The van der Waals surface area contributed by atoms with E-state index in [1.807, 2.05) is 30.6 Å². The Labute approximate surface area is 107 Å². The van der Waals surface area contributed by atoms with Crippen LogP contribution < -0.4 is 28.5 Å². The second-order valence-electron chi connectivity index (χ2n) is 3.16. The van der Waals surface area contributed by atoms with Gasteiger partial charge in [-0.1, -0.05) is 6.07 Å². The number of rotatable bonds is 5. The molecule has 0 unspecified atom stereocenters. The lowest BCUT2D eigenvalue weighted by Gasteiger charge is -1.99. The third-order valence-corrected chi connectivity index (χ3v) is 1.89. The maximum Gasteiger partial charge on any atom is 0.302 e. The van der Waals surface area contributed by atoms with Gasteiger partial charge in [-0.15, -0.1) is 0 Å². The summed E-state index contributed by atoms with van der Waals surface area (Å²) in [4.78, 5) is 10.4. The van der Waals surface area contributed by atoms with Crippen LogP contribution in [0.1, 0.15) is 19.8 Å². The van der Waals surface area contributed by atoms with E-state index in [0.29, 0.717) is 6.61 Å². The molecule has 0 spiro atoms. The monoisotopic (exact) mass is 321 g/mol. The van der Waals surface area contributed by atoms with E-state index in [4.69, 9.17) is 4.74 Å². The summed E-state index contributed by atoms with van der Waals surface area (Å²) >= 11 is 0. The molecule has 0 aliphatic carbocycles. The van der Waals surface area contributed by atoms with Crippen LogP contribution in [-0.4, -0.2) is 12.6 Å². The molecule has 0 N–H and O–H groups in total. The zero-order valence-corrected chi connectivity index (χ0v) is 11.0. The highest BCUT2D eigenvalue weighted by Gasteiger charge is 1.98. The fraction of sp³-hybridized carbons (Fsp3) is 0.455. The van der Waals surface area contributed by atoms with E-state index in [9.17, 15) is 4.79 Å². The molecule has 15 heavy (non-hydrogen) atoms. The quantitative estimate of drug-likeness (QED) is 0.281. The van der Waals surface area contributed by atoms with Crippen LogP contribution in [-0.2, 0) is 16.1 Å². The third-order valence-electron chi connectivity index (χ3n) is 1.89. The third kappa shape index (κ3) is 7.30. The van der Waals surface area contributed by atoms with Crippen molar-refractivity contribution >= 4 is 5.97 Å². The van der Waals surface area contributed by atoms with Crippen LogP contribution in [0.3, 0.4) is 0 Å². The van der Waals surface area contributed by atoms with Crippen molar-refractivity contribution in [2.45, 2.75) is 26.3 Å². The Morgan fingerprint density at radius 3 is 2.47 bits per heavy atom. The summed E-state index contributed by atoms with van der Waals surface area (Å²) in [6.45, 7) is 2.94. The van der Waals surface area contributed by atoms with Crippen molar-refractivity contribution in [3.05, 3.63) is 30.6 Å². The first-order chi connectivity index (χ1) is 6.79. The standard InChI is InChI=1S/C11H16NO2.HI/c1-11(13)14-10-6-5-9-12-7-3-2-4-8-12;/h2-4,7-8H,5-6,9-10H2,1H3;1H/q+1;/p-1. The molecule has 0 aromatic carbocycles. The van der Waals surface area contributed by atoms with Gasteiger partial charge < -0.3 is 28.7 Å². The van der Waals surface area contributed by atoms with Crippen LogP contribution in [0.4, 0.5) is 0 Å². The molecule has 0 aliphatic rings. The molecule has 0 amide bonds. The highest BCUT2D eigenvalue weighted by molar-refractivity contribution is 5.65. The number of hydrogen-bond donors (Lipinski definition) is 0. The highest BCUT2D eigenvalue weighted by Crippen LogP contribution is 1.90. The summed E-state index contributed by atoms with van der Waals surface area (Å²) in [5, 5.41) is 0. The van der Waals surface area contributed by atoms with Crippen molar-refractivity contribution in [2.75, 3.05) is 6.61 Å². The molecule has 1 rings (SSSR count). The fourth-order valence-corrected chi connectivity index (χ4v) is 1.20. The van der Waals surface area contributed by atoms with E-state index in [-0.39, 0.29) is 29.9 Å². The van der Waals surface area contributed by atoms with E-state index in [2.05, 4.69) is 4.57 Å². The van der Waals surface area contributed by atoms with Crippen LogP contribution >= 0.6 is 0 Å². The summed E-state index contributed by atoms with van der Waals surface area (Å²) in [6.07, 6.45) is 6.01. The SMILES string of the molecule is CC(=O)OCCCC[n+]1ccccc1.[I-]. The van der Waals surface area contributed by atoms with Crippen LogP contribution in [0.2, 0.25) is 0 Å². The number of esters is 1. The number of aryl methyl sites for hydroxylation is 1. The minimum atomic E-state index is -0.197. The predicted molar refractivity (Wildman–Crippen MR) is 52.5 cm³/mol. The average Bonchev–Trinajstić information content (AvgIpc) is 2.18. The largest absolute Gasteiger partial charge is 1.00 e. The van der Waals surface area contributed by atoms with Crippen molar-refractivity contribution in [2.24, 2.45) is 0 Å². The molecule has 0 saturated carbocycles. The molecular formula is C11H16INO2. The number of carbonyl (C=O) groups excluding carboxylic acids is 1. The molecule has 0 saturated heterocycles. The number of halogens is 1. The van der Waals surface area contributed by atoms with Gasteiger partial charge in [-0.05, 0) is 6.42 Å². The normalized spacial score (nSPS) is 9.13. The highest BCUT2D eigenvalue weighted by atomic mass is 127. The Morgan fingerprint density at radius 1 is 1.20 bits per heavy atom. The second-order valence-corrected chi connectivity index (χ2v) is 3.16. The Kier molecular flexibility index (Phi) is 8.27. The van der Waals surface area contributed by atoms with Gasteiger partial charge in [0.1, 0.15) is 6.54 Å². The second kappa shape index (κ2) is 8.64. The number of hydrogen-bond acceptors (Lipinski definition) is 2. The minimum absolute atomic E-state index is 0. The molecule has 1 aromatic rings. The van der Waals surface area contributed by atoms with Crippen LogP contribution in [0.15, 0.2) is 30.6 Å². The molecule has 0 fully saturated rings. The molecule has 4 heteroatoms. The lowest BCUT2D eigenvalue weighted by Crippen LogP contribution is -3.00. The van der Waals surface area contributed by atoms with Crippen molar-refractivity contribution in [3.8, 4) is 0 Å². The van der Waals surface area contributed by atoms with Gasteiger partial charge >= 0.3 is 5.97 Å². The molecule has 3 nitrogen and oxygen atoms in total. The van der Waals surface area contributed by atoms with Gasteiger partial charge in [0, 0.05) is 25.5 Å². The molecule has 0 bridgehead atoms. The van der Waals surface area contributed by atoms with Crippen molar-refractivity contribution < 1.29 is 38.1 Å².